The van der Waals surface area contributed by atoms with Crippen molar-refractivity contribution in [1.29, 1.82) is 0 Å². The molecule has 0 heterocycles. The van der Waals surface area contributed by atoms with Crippen molar-refractivity contribution in [2.24, 2.45) is 0 Å². The molecule has 0 fully saturated rings. The van der Waals surface area contributed by atoms with Gasteiger partial charge in [0.1, 0.15) is 0 Å². The van der Waals surface area contributed by atoms with Gasteiger partial charge in [-0.15, -0.1) is 0 Å². The van der Waals surface area contributed by atoms with Crippen LogP contribution in [-0.4, -0.2) is 35.9 Å². The van der Waals surface area contributed by atoms with Gasteiger partial charge in [0, 0.05) is 0 Å². The molecule has 0 aromatic rings. The van der Waals surface area contributed by atoms with E-state index in [9.17, 15) is 0 Å². The van der Waals surface area contributed by atoms with Gasteiger partial charge in [-0.3, -0.25) is 0 Å². The molecule has 0 spiro atoms. The summed E-state index contributed by atoms with van der Waals surface area (Å²) < 4.78 is 3.46. The normalized spacial score (nSPS) is 16.8. The van der Waals surface area contributed by atoms with Gasteiger partial charge in [0.25, 0.3) is 0 Å². The van der Waals surface area contributed by atoms with Crippen LogP contribution in [0.25, 0.3) is 0 Å². The minimum absolute atomic E-state index is 0.171. The Labute approximate surface area is 130 Å². The molecular formula is C16H28SeTe. The van der Waals surface area contributed by atoms with E-state index in [1.54, 1.807) is 5.57 Å². The SMILES string of the molecule is CCCC[Se]/C(=C\C1=CCCCC1)[Te]CCCC. The van der Waals surface area contributed by atoms with E-state index in [1.165, 1.54) is 61.2 Å². The second-order valence-electron chi connectivity index (χ2n) is 4.89. The molecule has 1 aliphatic rings. The summed E-state index contributed by atoms with van der Waals surface area (Å²) in [5, 5.41) is 1.49. The topological polar surface area (TPSA) is 0 Å². The van der Waals surface area contributed by atoms with Crippen molar-refractivity contribution in [3.05, 3.63) is 20.2 Å². The first-order valence-corrected chi connectivity index (χ1v) is 12.4. The fourth-order valence-electron chi connectivity index (χ4n) is 1.90. The Kier molecular flexibility index (Phi) is 10.9. The monoisotopic (exact) mass is 430 g/mol. The molecule has 0 bridgehead atoms. The third kappa shape index (κ3) is 8.06. The fourth-order valence-corrected chi connectivity index (χ4v) is 10.0. The molecule has 2 heteroatoms. The quantitative estimate of drug-likeness (QED) is 0.352. The Hall–Kier alpha value is 0.789. The van der Waals surface area contributed by atoms with Gasteiger partial charge in [0.2, 0.25) is 0 Å². The van der Waals surface area contributed by atoms with Gasteiger partial charge in [-0.2, -0.15) is 0 Å². The van der Waals surface area contributed by atoms with E-state index in [1.807, 2.05) is 2.52 Å². The molecule has 0 atom stereocenters. The predicted octanol–water partition coefficient (Wildman–Crippen LogP) is 5.17. The van der Waals surface area contributed by atoms with E-state index in [4.69, 9.17) is 0 Å². The Bertz CT molecular complexity index is 256. The molecule has 1 aliphatic carbocycles. The van der Waals surface area contributed by atoms with Crippen LogP contribution in [0.4, 0.5) is 0 Å². The molecule has 0 aromatic heterocycles. The number of hydrogen-bond acceptors (Lipinski definition) is 0. The maximum atomic E-state index is 2.63. The number of hydrogen-bond donors (Lipinski definition) is 0. The van der Waals surface area contributed by atoms with Crippen LogP contribution in [0.3, 0.4) is 0 Å². The zero-order chi connectivity index (χ0) is 13.1. The van der Waals surface area contributed by atoms with E-state index < -0.39 is 0 Å². The first-order valence-electron chi connectivity index (χ1n) is 7.53. The van der Waals surface area contributed by atoms with Gasteiger partial charge >= 0.3 is 131 Å². The Balaban J connectivity index is 2.45. The molecule has 0 saturated carbocycles. The summed E-state index contributed by atoms with van der Waals surface area (Å²) in [5.74, 6) is 0. The van der Waals surface area contributed by atoms with E-state index in [0.29, 0.717) is 0 Å². The van der Waals surface area contributed by atoms with Crippen molar-refractivity contribution in [2.75, 3.05) is 0 Å². The van der Waals surface area contributed by atoms with E-state index in [2.05, 4.69) is 26.0 Å². The molecule has 104 valence electrons. The average Bonchev–Trinajstić information content (AvgIpc) is 2.40. The predicted molar refractivity (Wildman–Crippen MR) is 85.6 cm³/mol. The summed E-state index contributed by atoms with van der Waals surface area (Å²) in [7, 11) is 0. The molecule has 0 aliphatic heterocycles. The maximum absolute atomic E-state index is 2.63. The first-order chi connectivity index (χ1) is 8.86. The zero-order valence-electron chi connectivity index (χ0n) is 12.0. The second-order valence-corrected chi connectivity index (χ2v) is 12.3. The summed E-state index contributed by atoms with van der Waals surface area (Å²) in [6, 6.07) is 0. The van der Waals surface area contributed by atoms with Crippen molar-refractivity contribution in [3.63, 3.8) is 0 Å². The van der Waals surface area contributed by atoms with Crippen molar-refractivity contribution in [1.82, 2.24) is 0 Å². The molecular weight excluding hydrogens is 399 g/mol. The van der Waals surface area contributed by atoms with Gasteiger partial charge in [-0.05, 0) is 0 Å². The van der Waals surface area contributed by atoms with Crippen LogP contribution in [0.5, 0.6) is 0 Å². The molecule has 0 amide bonds. The Morgan fingerprint density at radius 3 is 2.78 bits per heavy atom. The van der Waals surface area contributed by atoms with Crippen LogP contribution in [-0.2, 0) is 0 Å². The summed E-state index contributed by atoms with van der Waals surface area (Å²) in [4.78, 5) is 0. The van der Waals surface area contributed by atoms with Gasteiger partial charge < -0.3 is 0 Å². The molecule has 0 N–H and O–H groups in total. The average molecular weight is 427 g/mol. The molecule has 0 unspecified atom stereocenters. The van der Waals surface area contributed by atoms with Gasteiger partial charge in [-0.25, -0.2) is 0 Å². The number of allylic oxidation sites excluding steroid dienone is 3. The molecule has 18 heavy (non-hydrogen) atoms. The van der Waals surface area contributed by atoms with Crippen molar-refractivity contribution < 1.29 is 0 Å². The summed E-state index contributed by atoms with van der Waals surface area (Å²) in [6.45, 7) is 4.64. The van der Waals surface area contributed by atoms with Gasteiger partial charge in [0.15, 0.2) is 0 Å². The van der Waals surface area contributed by atoms with E-state index in [-0.39, 0.29) is 20.9 Å². The van der Waals surface area contributed by atoms with Crippen molar-refractivity contribution in [2.45, 2.75) is 75.0 Å². The molecule has 0 nitrogen and oxygen atoms in total. The second kappa shape index (κ2) is 11.6. The third-order valence-electron chi connectivity index (χ3n) is 3.11. The molecule has 0 radical (unpaired) electrons. The van der Waals surface area contributed by atoms with Crippen molar-refractivity contribution in [3.8, 4) is 0 Å². The molecule has 1 rings (SSSR count). The van der Waals surface area contributed by atoms with Crippen LogP contribution in [0.1, 0.15) is 65.2 Å². The number of rotatable bonds is 9. The standard InChI is InChI=1S/C16H28SeTe/c1-3-5-12-17-16(18-13-6-4-2)14-15-10-8-7-9-11-15/h10,14H,3-9,11-13H2,1-2H3/b16-14+. The van der Waals surface area contributed by atoms with Crippen LogP contribution < -0.4 is 0 Å². The fraction of sp³-hybridized carbons (Fsp3) is 0.750. The Morgan fingerprint density at radius 2 is 2.11 bits per heavy atom. The molecule has 0 saturated heterocycles. The van der Waals surface area contributed by atoms with E-state index >= 15 is 0 Å². The zero-order valence-corrected chi connectivity index (χ0v) is 16.1. The third-order valence-corrected chi connectivity index (χ3v) is 11.0. The first kappa shape index (κ1) is 16.8. The van der Waals surface area contributed by atoms with Crippen LogP contribution >= 0.6 is 0 Å². The van der Waals surface area contributed by atoms with Crippen LogP contribution in [0.15, 0.2) is 20.2 Å². The number of unbranched alkanes of at least 4 members (excludes halogenated alkanes) is 2. The Morgan fingerprint density at radius 1 is 1.28 bits per heavy atom. The van der Waals surface area contributed by atoms with Crippen LogP contribution in [0, 0.1) is 0 Å². The van der Waals surface area contributed by atoms with Gasteiger partial charge in [-0.1, -0.05) is 0 Å². The minimum atomic E-state index is 0.171. The summed E-state index contributed by atoms with van der Waals surface area (Å²) >= 11 is 0.995. The molecule has 0 aromatic carbocycles. The summed E-state index contributed by atoms with van der Waals surface area (Å²) in [5.41, 5.74) is 1.68. The van der Waals surface area contributed by atoms with Crippen LogP contribution in [0.2, 0.25) is 9.79 Å². The van der Waals surface area contributed by atoms with Gasteiger partial charge in [0.05, 0.1) is 0 Å². The summed E-state index contributed by atoms with van der Waals surface area (Å²) in [6.07, 6.45) is 16.3. The van der Waals surface area contributed by atoms with Crippen molar-refractivity contribution >= 4 is 35.9 Å². The van der Waals surface area contributed by atoms with E-state index in [0.717, 1.165) is 15.0 Å².